The van der Waals surface area contributed by atoms with Gasteiger partial charge in [-0.15, -0.1) is 6.58 Å². The first-order valence-corrected chi connectivity index (χ1v) is 5.47. The van der Waals surface area contributed by atoms with E-state index in [1.54, 1.807) is 6.08 Å². The molecule has 0 radical (unpaired) electrons. The van der Waals surface area contributed by atoms with Crippen LogP contribution < -0.4 is 0 Å². The van der Waals surface area contributed by atoms with Crippen molar-refractivity contribution in [2.24, 2.45) is 5.92 Å². The number of hydrogen-bond donors (Lipinski definition) is 0. The van der Waals surface area contributed by atoms with Crippen molar-refractivity contribution in [3.05, 3.63) is 48.6 Å². The quantitative estimate of drug-likeness (QED) is 0.430. The highest BCUT2D eigenvalue weighted by atomic mass is 16.5. The molecule has 0 fully saturated rings. The van der Waals surface area contributed by atoms with Crippen molar-refractivity contribution < 1.29 is 14.3 Å². The van der Waals surface area contributed by atoms with E-state index in [4.69, 9.17) is 4.74 Å². The lowest BCUT2D eigenvalue weighted by Crippen LogP contribution is -2.23. The predicted octanol–water partition coefficient (Wildman–Crippen LogP) is 2.51. The Morgan fingerprint density at radius 2 is 2.00 bits per heavy atom. The zero-order chi connectivity index (χ0) is 12.7. The number of Topliss-reactive ketones (excluding diaryl/α,β-unsaturated/α-hetero) is 1. The van der Waals surface area contributed by atoms with Gasteiger partial charge in [-0.2, -0.15) is 0 Å². The molecule has 3 nitrogen and oxygen atoms in total. The largest absolute Gasteiger partial charge is 0.460 e. The Morgan fingerprint density at radius 3 is 2.53 bits per heavy atom. The Bertz CT molecular complexity index is 395. The van der Waals surface area contributed by atoms with E-state index in [9.17, 15) is 9.59 Å². The van der Waals surface area contributed by atoms with Crippen molar-refractivity contribution in [3.8, 4) is 0 Å². The summed E-state index contributed by atoms with van der Waals surface area (Å²) in [5, 5.41) is 0. The average molecular weight is 232 g/mol. The maximum atomic E-state index is 11.7. The van der Waals surface area contributed by atoms with Gasteiger partial charge >= 0.3 is 5.97 Å². The van der Waals surface area contributed by atoms with E-state index in [2.05, 4.69) is 6.58 Å². The zero-order valence-electron chi connectivity index (χ0n) is 9.89. The summed E-state index contributed by atoms with van der Waals surface area (Å²) in [4.78, 5) is 22.9. The molecule has 1 aromatic carbocycles. The normalized spacial score (nSPS) is 11.6. The van der Waals surface area contributed by atoms with Gasteiger partial charge in [-0.1, -0.05) is 36.4 Å². The molecule has 0 bridgehead atoms. The van der Waals surface area contributed by atoms with E-state index in [0.29, 0.717) is 6.42 Å². The van der Waals surface area contributed by atoms with Crippen molar-refractivity contribution in [2.75, 3.05) is 0 Å². The molecule has 1 aromatic rings. The van der Waals surface area contributed by atoms with Crippen molar-refractivity contribution in [1.82, 2.24) is 0 Å². The van der Waals surface area contributed by atoms with Gasteiger partial charge in [0.05, 0.1) is 0 Å². The Morgan fingerprint density at radius 1 is 1.35 bits per heavy atom. The molecule has 0 aromatic heterocycles. The van der Waals surface area contributed by atoms with E-state index < -0.39 is 11.9 Å². The van der Waals surface area contributed by atoms with Crippen LogP contribution in [0.2, 0.25) is 0 Å². The maximum absolute atomic E-state index is 11.7. The first kappa shape index (κ1) is 13.2. The Hall–Kier alpha value is -1.90. The zero-order valence-corrected chi connectivity index (χ0v) is 9.89. The number of hydrogen-bond acceptors (Lipinski definition) is 3. The van der Waals surface area contributed by atoms with E-state index in [1.165, 1.54) is 6.92 Å². The lowest BCUT2D eigenvalue weighted by atomic mass is 10.0. The SMILES string of the molecule is C=CC[C@H](C(C)=O)C(=O)OCc1ccccc1. The molecule has 0 spiro atoms. The third-order valence-electron chi connectivity index (χ3n) is 2.40. The van der Waals surface area contributed by atoms with Gasteiger partial charge in [0, 0.05) is 0 Å². The highest BCUT2D eigenvalue weighted by Gasteiger charge is 2.23. The summed E-state index contributed by atoms with van der Waals surface area (Å²) in [5.74, 6) is -1.40. The van der Waals surface area contributed by atoms with E-state index >= 15 is 0 Å². The lowest BCUT2D eigenvalue weighted by molar-refractivity contribution is -0.152. The number of esters is 1. The van der Waals surface area contributed by atoms with Gasteiger partial charge in [0.15, 0.2) is 0 Å². The van der Waals surface area contributed by atoms with Gasteiger partial charge in [0.2, 0.25) is 0 Å². The average Bonchev–Trinajstić information content (AvgIpc) is 2.34. The summed E-state index contributed by atoms with van der Waals surface area (Å²) in [6, 6.07) is 9.36. The number of ketones is 1. The molecule has 0 saturated carbocycles. The highest BCUT2D eigenvalue weighted by Crippen LogP contribution is 2.10. The summed E-state index contributed by atoms with van der Waals surface area (Å²) in [6.45, 7) is 5.11. The minimum Gasteiger partial charge on any atom is -0.460 e. The molecule has 0 amide bonds. The number of allylic oxidation sites excluding steroid dienone is 1. The second-order valence-electron chi connectivity index (χ2n) is 3.78. The summed E-state index contributed by atoms with van der Waals surface area (Å²) < 4.78 is 5.10. The third-order valence-corrected chi connectivity index (χ3v) is 2.40. The van der Waals surface area contributed by atoms with Gasteiger partial charge in [0.1, 0.15) is 18.3 Å². The molecule has 90 valence electrons. The van der Waals surface area contributed by atoms with Gasteiger partial charge in [-0.25, -0.2) is 0 Å². The Balaban J connectivity index is 2.53. The fraction of sp³-hybridized carbons (Fsp3) is 0.286. The molecule has 3 heteroatoms. The molecule has 0 aliphatic carbocycles. The topological polar surface area (TPSA) is 43.4 Å². The van der Waals surface area contributed by atoms with Crippen LogP contribution in [0.25, 0.3) is 0 Å². The van der Waals surface area contributed by atoms with Crippen LogP contribution in [-0.2, 0) is 20.9 Å². The van der Waals surface area contributed by atoms with Crippen molar-refractivity contribution in [3.63, 3.8) is 0 Å². The molecular weight excluding hydrogens is 216 g/mol. The molecule has 0 aliphatic rings. The Labute approximate surface area is 101 Å². The maximum Gasteiger partial charge on any atom is 0.317 e. The van der Waals surface area contributed by atoms with E-state index in [0.717, 1.165) is 5.56 Å². The van der Waals surface area contributed by atoms with Gasteiger partial charge < -0.3 is 4.74 Å². The molecule has 0 aliphatic heterocycles. The van der Waals surface area contributed by atoms with Crippen LogP contribution in [0.5, 0.6) is 0 Å². The molecular formula is C14H16O3. The monoisotopic (exact) mass is 232 g/mol. The number of benzene rings is 1. The van der Waals surface area contributed by atoms with Crippen LogP contribution in [0.15, 0.2) is 43.0 Å². The van der Waals surface area contributed by atoms with Crippen LogP contribution in [0.4, 0.5) is 0 Å². The van der Waals surface area contributed by atoms with Gasteiger partial charge in [0.25, 0.3) is 0 Å². The smallest absolute Gasteiger partial charge is 0.317 e. The van der Waals surface area contributed by atoms with Crippen molar-refractivity contribution >= 4 is 11.8 Å². The molecule has 0 N–H and O–H groups in total. The number of carbonyl (C=O) groups is 2. The Kier molecular flexibility index (Phi) is 5.14. The molecule has 0 unspecified atom stereocenters. The van der Waals surface area contributed by atoms with Crippen molar-refractivity contribution in [1.29, 1.82) is 0 Å². The summed E-state index contributed by atoms with van der Waals surface area (Å²) in [5.41, 5.74) is 0.904. The number of rotatable bonds is 6. The fourth-order valence-corrected chi connectivity index (χ4v) is 1.42. The van der Waals surface area contributed by atoms with E-state index in [1.807, 2.05) is 30.3 Å². The van der Waals surface area contributed by atoms with Crippen LogP contribution >= 0.6 is 0 Å². The second-order valence-corrected chi connectivity index (χ2v) is 3.78. The lowest BCUT2D eigenvalue weighted by Gasteiger charge is -2.11. The van der Waals surface area contributed by atoms with Crippen LogP contribution in [-0.4, -0.2) is 11.8 Å². The first-order valence-electron chi connectivity index (χ1n) is 5.47. The molecule has 17 heavy (non-hydrogen) atoms. The fourth-order valence-electron chi connectivity index (χ4n) is 1.42. The van der Waals surface area contributed by atoms with Gasteiger partial charge in [-0.05, 0) is 18.9 Å². The number of ether oxygens (including phenoxy) is 1. The van der Waals surface area contributed by atoms with Crippen LogP contribution in [0, 0.1) is 5.92 Å². The third kappa shape index (κ3) is 4.23. The van der Waals surface area contributed by atoms with E-state index in [-0.39, 0.29) is 12.4 Å². The highest BCUT2D eigenvalue weighted by molar-refractivity contribution is 5.97. The van der Waals surface area contributed by atoms with Crippen LogP contribution in [0.3, 0.4) is 0 Å². The minimum absolute atomic E-state index is 0.192. The summed E-state index contributed by atoms with van der Waals surface area (Å²) in [7, 11) is 0. The van der Waals surface area contributed by atoms with Crippen molar-refractivity contribution in [2.45, 2.75) is 20.0 Å². The van der Waals surface area contributed by atoms with Crippen LogP contribution in [0.1, 0.15) is 18.9 Å². The first-order chi connectivity index (χ1) is 8.15. The minimum atomic E-state index is -0.726. The molecule has 1 atom stereocenters. The summed E-state index contributed by atoms with van der Waals surface area (Å²) >= 11 is 0. The molecule has 1 rings (SSSR count). The second kappa shape index (κ2) is 6.63. The molecule has 0 saturated heterocycles. The number of carbonyl (C=O) groups excluding carboxylic acids is 2. The molecule has 0 heterocycles. The van der Waals surface area contributed by atoms with Gasteiger partial charge in [-0.3, -0.25) is 9.59 Å². The predicted molar refractivity (Wildman–Crippen MR) is 65.2 cm³/mol. The summed E-state index contributed by atoms with van der Waals surface area (Å²) in [6.07, 6.45) is 1.87. The standard InChI is InChI=1S/C14H16O3/c1-3-7-13(11(2)15)14(16)17-10-12-8-5-4-6-9-12/h3-6,8-9,13H,1,7,10H2,2H3/t13-/m1/s1.